The van der Waals surface area contributed by atoms with E-state index < -0.39 is 0 Å². The predicted octanol–water partition coefficient (Wildman–Crippen LogP) is 2.50. The quantitative estimate of drug-likeness (QED) is 0.802. The molecule has 0 aliphatic carbocycles. The first-order valence-corrected chi connectivity index (χ1v) is 4.93. The summed E-state index contributed by atoms with van der Waals surface area (Å²) in [6.07, 6.45) is 0.949. The number of benzene rings is 1. The number of nitrogens with one attached hydrogen (secondary N) is 1. The van der Waals surface area contributed by atoms with Gasteiger partial charge >= 0.3 is 0 Å². The van der Waals surface area contributed by atoms with Crippen molar-refractivity contribution in [1.82, 2.24) is 5.32 Å². The summed E-state index contributed by atoms with van der Waals surface area (Å²) in [5.41, 5.74) is 2.26. The summed E-state index contributed by atoms with van der Waals surface area (Å²) >= 11 is 0. The van der Waals surface area contributed by atoms with Gasteiger partial charge in [-0.05, 0) is 32.2 Å². The van der Waals surface area contributed by atoms with Crippen LogP contribution in [0.1, 0.15) is 11.3 Å². The third-order valence-electron chi connectivity index (χ3n) is 2.34. The number of fused-ring (bicyclic) bond motifs is 1. The molecule has 2 heteroatoms. The predicted molar refractivity (Wildman–Crippen MR) is 58.6 cm³/mol. The van der Waals surface area contributed by atoms with Crippen LogP contribution < -0.4 is 5.32 Å². The number of likely N-dealkylation sites (N-methyl/N-ethyl adjacent to an activating group) is 1. The number of aryl methyl sites for hydroxylation is 1. The van der Waals surface area contributed by atoms with Crippen LogP contribution in [0.15, 0.2) is 28.7 Å². The second-order valence-corrected chi connectivity index (χ2v) is 3.61. The van der Waals surface area contributed by atoms with Crippen molar-refractivity contribution in [3.05, 3.63) is 35.6 Å². The van der Waals surface area contributed by atoms with Crippen molar-refractivity contribution < 1.29 is 4.42 Å². The first-order chi connectivity index (χ1) is 6.79. The van der Waals surface area contributed by atoms with E-state index in [1.54, 1.807) is 0 Å². The minimum absolute atomic E-state index is 0.949. The summed E-state index contributed by atoms with van der Waals surface area (Å²) < 4.78 is 5.69. The Hall–Kier alpha value is -1.28. The Morgan fingerprint density at radius 2 is 2.14 bits per heavy atom. The number of hydrogen-bond donors (Lipinski definition) is 1. The monoisotopic (exact) mass is 189 g/mol. The second kappa shape index (κ2) is 3.84. The van der Waals surface area contributed by atoms with Gasteiger partial charge in [0.05, 0.1) is 0 Å². The van der Waals surface area contributed by atoms with Crippen molar-refractivity contribution in [3.63, 3.8) is 0 Å². The van der Waals surface area contributed by atoms with E-state index in [0.717, 1.165) is 24.3 Å². The van der Waals surface area contributed by atoms with E-state index >= 15 is 0 Å². The molecular formula is C12H15NO. The lowest BCUT2D eigenvalue weighted by molar-refractivity contribution is 0.541. The zero-order valence-corrected chi connectivity index (χ0v) is 8.63. The van der Waals surface area contributed by atoms with Crippen LogP contribution in [0.3, 0.4) is 0 Å². The van der Waals surface area contributed by atoms with Crippen LogP contribution in [0, 0.1) is 6.92 Å². The molecule has 0 fully saturated rings. The first-order valence-electron chi connectivity index (χ1n) is 4.93. The van der Waals surface area contributed by atoms with Gasteiger partial charge < -0.3 is 9.73 Å². The van der Waals surface area contributed by atoms with Gasteiger partial charge in [-0.15, -0.1) is 0 Å². The van der Waals surface area contributed by atoms with Crippen LogP contribution in [0.25, 0.3) is 11.0 Å². The summed E-state index contributed by atoms with van der Waals surface area (Å²) in [6.45, 7) is 3.05. The molecule has 0 amide bonds. The van der Waals surface area contributed by atoms with Gasteiger partial charge in [0.2, 0.25) is 0 Å². The minimum atomic E-state index is 0.949. The van der Waals surface area contributed by atoms with Gasteiger partial charge in [0.1, 0.15) is 11.3 Å². The Kier molecular flexibility index (Phi) is 2.55. The highest BCUT2D eigenvalue weighted by atomic mass is 16.3. The molecular weight excluding hydrogens is 174 g/mol. The average molecular weight is 189 g/mol. The van der Waals surface area contributed by atoms with Gasteiger partial charge in [-0.25, -0.2) is 0 Å². The zero-order chi connectivity index (χ0) is 9.97. The maximum Gasteiger partial charge on any atom is 0.134 e. The standard InChI is InChI=1S/C12H15NO/c1-9-3-4-12-10(7-9)8-11(14-12)5-6-13-2/h3-4,7-8,13H,5-6H2,1-2H3. The fraction of sp³-hybridized carbons (Fsp3) is 0.333. The maximum atomic E-state index is 5.69. The van der Waals surface area contributed by atoms with E-state index in [-0.39, 0.29) is 0 Å². The minimum Gasteiger partial charge on any atom is -0.461 e. The lowest BCUT2D eigenvalue weighted by Gasteiger charge is -1.93. The van der Waals surface area contributed by atoms with E-state index in [1.807, 2.05) is 13.1 Å². The molecule has 0 bridgehead atoms. The molecule has 0 aliphatic heterocycles. The first kappa shape index (κ1) is 9.28. The van der Waals surface area contributed by atoms with Gasteiger partial charge in [0, 0.05) is 18.4 Å². The van der Waals surface area contributed by atoms with Gasteiger partial charge in [0.15, 0.2) is 0 Å². The Balaban J connectivity index is 2.32. The summed E-state index contributed by atoms with van der Waals surface area (Å²) in [6, 6.07) is 8.39. The lowest BCUT2D eigenvalue weighted by atomic mass is 10.2. The lowest BCUT2D eigenvalue weighted by Crippen LogP contribution is -2.09. The normalized spacial score (nSPS) is 11.0. The molecule has 0 aliphatic rings. The van der Waals surface area contributed by atoms with Gasteiger partial charge in [0.25, 0.3) is 0 Å². The molecule has 0 spiro atoms. The van der Waals surface area contributed by atoms with Gasteiger partial charge in [-0.1, -0.05) is 11.6 Å². The van der Waals surface area contributed by atoms with E-state index in [1.165, 1.54) is 10.9 Å². The van der Waals surface area contributed by atoms with Crippen molar-refractivity contribution in [2.45, 2.75) is 13.3 Å². The summed E-state index contributed by atoms with van der Waals surface area (Å²) in [7, 11) is 1.95. The molecule has 0 atom stereocenters. The Morgan fingerprint density at radius 3 is 2.93 bits per heavy atom. The molecule has 1 aromatic carbocycles. The van der Waals surface area contributed by atoms with Crippen LogP contribution in [0.4, 0.5) is 0 Å². The Bertz CT molecular complexity index is 431. The maximum absolute atomic E-state index is 5.69. The SMILES string of the molecule is CNCCc1cc2cc(C)ccc2o1. The van der Waals surface area contributed by atoms with Crippen molar-refractivity contribution in [2.75, 3.05) is 13.6 Å². The molecule has 1 N–H and O–H groups in total. The Labute approximate surface area is 83.9 Å². The summed E-state index contributed by atoms with van der Waals surface area (Å²) in [5.74, 6) is 1.06. The van der Waals surface area contributed by atoms with Crippen molar-refractivity contribution in [1.29, 1.82) is 0 Å². The molecule has 1 heterocycles. The van der Waals surface area contributed by atoms with Crippen molar-refractivity contribution in [3.8, 4) is 0 Å². The topological polar surface area (TPSA) is 25.2 Å². The number of rotatable bonds is 3. The second-order valence-electron chi connectivity index (χ2n) is 3.61. The third-order valence-corrected chi connectivity index (χ3v) is 2.34. The van der Waals surface area contributed by atoms with Crippen LogP contribution in [0.5, 0.6) is 0 Å². The number of furan rings is 1. The van der Waals surface area contributed by atoms with Crippen LogP contribution in [-0.4, -0.2) is 13.6 Å². The van der Waals surface area contributed by atoms with Crippen LogP contribution in [-0.2, 0) is 6.42 Å². The van der Waals surface area contributed by atoms with E-state index in [4.69, 9.17) is 4.42 Å². The molecule has 2 aromatic rings. The molecule has 0 saturated heterocycles. The van der Waals surface area contributed by atoms with E-state index in [2.05, 4.69) is 30.4 Å². The fourth-order valence-electron chi connectivity index (χ4n) is 1.59. The molecule has 0 saturated carbocycles. The van der Waals surface area contributed by atoms with Crippen molar-refractivity contribution >= 4 is 11.0 Å². The highest BCUT2D eigenvalue weighted by Crippen LogP contribution is 2.20. The smallest absolute Gasteiger partial charge is 0.134 e. The largest absolute Gasteiger partial charge is 0.461 e. The number of hydrogen-bond acceptors (Lipinski definition) is 2. The molecule has 2 nitrogen and oxygen atoms in total. The van der Waals surface area contributed by atoms with Gasteiger partial charge in [-0.2, -0.15) is 0 Å². The highest BCUT2D eigenvalue weighted by molar-refractivity contribution is 5.78. The molecule has 14 heavy (non-hydrogen) atoms. The third kappa shape index (κ3) is 1.80. The Morgan fingerprint density at radius 1 is 1.29 bits per heavy atom. The van der Waals surface area contributed by atoms with Crippen LogP contribution in [0.2, 0.25) is 0 Å². The molecule has 1 aromatic heterocycles. The van der Waals surface area contributed by atoms with Gasteiger partial charge in [-0.3, -0.25) is 0 Å². The van der Waals surface area contributed by atoms with Crippen LogP contribution >= 0.6 is 0 Å². The van der Waals surface area contributed by atoms with Crippen molar-refractivity contribution in [2.24, 2.45) is 0 Å². The van der Waals surface area contributed by atoms with E-state index in [0.29, 0.717) is 0 Å². The fourth-order valence-corrected chi connectivity index (χ4v) is 1.59. The molecule has 0 unspecified atom stereocenters. The summed E-state index contributed by atoms with van der Waals surface area (Å²) in [5, 5.41) is 4.32. The molecule has 74 valence electrons. The summed E-state index contributed by atoms with van der Waals surface area (Å²) in [4.78, 5) is 0. The highest BCUT2D eigenvalue weighted by Gasteiger charge is 2.02. The molecule has 0 radical (unpaired) electrons. The average Bonchev–Trinajstić information content (AvgIpc) is 2.56. The zero-order valence-electron chi connectivity index (χ0n) is 8.63. The molecule has 2 rings (SSSR count). The van der Waals surface area contributed by atoms with E-state index in [9.17, 15) is 0 Å².